The summed E-state index contributed by atoms with van der Waals surface area (Å²) in [4.78, 5) is 16.6. The Balaban J connectivity index is 2.02. The van der Waals surface area contributed by atoms with Crippen molar-refractivity contribution in [3.63, 3.8) is 0 Å². The third kappa shape index (κ3) is 2.04. The van der Waals surface area contributed by atoms with E-state index in [-0.39, 0.29) is 17.9 Å². The van der Waals surface area contributed by atoms with Gasteiger partial charge in [-0.15, -0.1) is 0 Å². The molecule has 0 aromatic carbocycles. The molecular weight excluding hydrogens is 206 g/mol. The van der Waals surface area contributed by atoms with Gasteiger partial charge in [-0.3, -0.25) is 4.79 Å². The van der Waals surface area contributed by atoms with E-state index in [1.807, 2.05) is 0 Å². The summed E-state index contributed by atoms with van der Waals surface area (Å²) in [5.41, 5.74) is 6.63. The highest BCUT2D eigenvalue weighted by Crippen LogP contribution is 2.21. The van der Waals surface area contributed by atoms with E-state index in [2.05, 4.69) is 4.98 Å². The van der Waals surface area contributed by atoms with Crippen LogP contribution in [-0.2, 0) is 0 Å². The Hall–Kier alpha value is -1.49. The Morgan fingerprint density at radius 1 is 1.75 bits per heavy atom. The van der Waals surface area contributed by atoms with E-state index in [1.165, 1.54) is 0 Å². The largest absolute Gasteiger partial charge is 0.397 e. The highest BCUT2D eigenvalue weighted by atomic mass is 16.3. The molecule has 0 spiro atoms. The number of likely N-dealkylation sites (tertiary alicyclic amines) is 1. The first-order chi connectivity index (χ1) is 7.58. The van der Waals surface area contributed by atoms with Crippen molar-refractivity contribution in [2.75, 3.05) is 18.8 Å². The quantitative estimate of drug-likeness (QED) is 0.680. The molecule has 1 aliphatic rings. The van der Waals surface area contributed by atoms with Gasteiger partial charge in [-0.05, 0) is 19.4 Å². The maximum Gasteiger partial charge on any atom is 0.270 e. The number of aliphatic hydroxyl groups is 1. The Kier molecular flexibility index (Phi) is 2.87. The molecule has 2 rings (SSSR count). The van der Waals surface area contributed by atoms with E-state index < -0.39 is 0 Å². The molecular formula is C11H17N3O2. The SMILES string of the molecule is CC(O)C1CCN(C(=O)c2cc(N)c[nH]2)C1. The second-order valence-corrected chi connectivity index (χ2v) is 4.39. The third-order valence-electron chi connectivity index (χ3n) is 3.13. The maximum atomic E-state index is 12.0. The predicted octanol–water partition coefficient (Wildman–Crippen LogP) is 0.440. The molecule has 1 fully saturated rings. The van der Waals surface area contributed by atoms with Crippen molar-refractivity contribution in [1.29, 1.82) is 0 Å². The van der Waals surface area contributed by atoms with Crippen LogP contribution in [0.5, 0.6) is 0 Å². The molecule has 2 atom stereocenters. The minimum atomic E-state index is -0.355. The van der Waals surface area contributed by atoms with Crippen molar-refractivity contribution in [2.24, 2.45) is 5.92 Å². The number of hydrogen-bond acceptors (Lipinski definition) is 3. The molecule has 5 heteroatoms. The van der Waals surface area contributed by atoms with Gasteiger partial charge in [0.25, 0.3) is 5.91 Å². The summed E-state index contributed by atoms with van der Waals surface area (Å²) in [5.74, 6) is 0.149. The number of hydrogen-bond donors (Lipinski definition) is 3. The van der Waals surface area contributed by atoms with Crippen LogP contribution in [0.1, 0.15) is 23.8 Å². The summed E-state index contributed by atoms with van der Waals surface area (Å²) in [7, 11) is 0. The lowest BCUT2D eigenvalue weighted by molar-refractivity contribution is 0.0757. The fourth-order valence-corrected chi connectivity index (χ4v) is 2.07. The van der Waals surface area contributed by atoms with Crippen molar-refractivity contribution < 1.29 is 9.90 Å². The lowest BCUT2D eigenvalue weighted by atomic mass is 10.0. The van der Waals surface area contributed by atoms with E-state index in [9.17, 15) is 9.90 Å². The van der Waals surface area contributed by atoms with Crippen molar-refractivity contribution in [3.8, 4) is 0 Å². The molecule has 0 bridgehead atoms. The fraction of sp³-hybridized carbons (Fsp3) is 0.545. The van der Waals surface area contributed by atoms with Crippen LogP contribution in [0.3, 0.4) is 0 Å². The molecule has 1 saturated heterocycles. The van der Waals surface area contributed by atoms with Gasteiger partial charge in [-0.1, -0.05) is 0 Å². The summed E-state index contributed by atoms with van der Waals surface area (Å²) >= 11 is 0. The first-order valence-electron chi connectivity index (χ1n) is 5.49. The molecule has 1 aromatic heterocycles. The van der Waals surface area contributed by atoms with Gasteiger partial charge in [0.05, 0.1) is 6.10 Å². The number of nitrogens with one attached hydrogen (secondary N) is 1. The van der Waals surface area contributed by atoms with E-state index in [0.717, 1.165) is 6.42 Å². The van der Waals surface area contributed by atoms with Gasteiger partial charge in [0.2, 0.25) is 0 Å². The molecule has 4 N–H and O–H groups in total. The normalized spacial score (nSPS) is 22.4. The number of nitrogens with zero attached hydrogens (tertiary/aromatic N) is 1. The lowest BCUT2D eigenvalue weighted by Crippen LogP contribution is -2.30. The Morgan fingerprint density at radius 2 is 2.50 bits per heavy atom. The highest BCUT2D eigenvalue weighted by Gasteiger charge is 2.29. The van der Waals surface area contributed by atoms with Gasteiger partial charge in [0, 0.05) is 30.9 Å². The number of rotatable bonds is 2. The van der Waals surface area contributed by atoms with Gasteiger partial charge >= 0.3 is 0 Å². The maximum absolute atomic E-state index is 12.0. The van der Waals surface area contributed by atoms with Crippen LogP contribution < -0.4 is 5.73 Å². The molecule has 88 valence electrons. The number of aromatic amines is 1. The van der Waals surface area contributed by atoms with Crippen molar-refractivity contribution in [2.45, 2.75) is 19.4 Å². The summed E-state index contributed by atoms with van der Waals surface area (Å²) in [6.07, 6.45) is 2.11. The zero-order valence-electron chi connectivity index (χ0n) is 9.31. The number of carbonyl (C=O) groups excluding carboxylic acids is 1. The first kappa shape index (κ1) is 11.0. The average Bonchev–Trinajstić information content (AvgIpc) is 2.84. The van der Waals surface area contributed by atoms with Crippen LogP contribution in [0.4, 0.5) is 5.69 Å². The zero-order valence-corrected chi connectivity index (χ0v) is 9.31. The van der Waals surface area contributed by atoms with E-state index in [4.69, 9.17) is 5.73 Å². The standard InChI is InChI=1S/C11H17N3O2/c1-7(15)8-2-3-14(6-8)11(16)10-4-9(12)5-13-10/h4-5,7-8,13,15H,2-3,6,12H2,1H3. The Labute approximate surface area is 94.2 Å². The first-order valence-corrected chi connectivity index (χ1v) is 5.49. The van der Waals surface area contributed by atoms with Gasteiger partial charge < -0.3 is 20.7 Å². The number of amides is 1. The molecule has 0 aliphatic carbocycles. The Morgan fingerprint density at radius 3 is 3.00 bits per heavy atom. The summed E-state index contributed by atoms with van der Waals surface area (Å²) in [6.45, 7) is 3.09. The monoisotopic (exact) mass is 223 g/mol. The average molecular weight is 223 g/mol. The second kappa shape index (κ2) is 4.17. The molecule has 0 saturated carbocycles. The number of nitrogens with two attached hydrogens (primary N) is 1. The van der Waals surface area contributed by atoms with Gasteiger partial charge in [-0.2, -0.15) is 0 Å². The number of aliphatic hydroxyl groups excluding tert-OH is 1. The van der Waals surface area contributed by atoms with E-state index >= 15 is 0 Å². The van der Waals surface area contributed by atoms with Crippen LogP contribution in [0.2, 0.25) is 0 Å². The van der Waals surface area contributed by atoms with Crippen LogP contribution in [-0.4, -0.2) is 40.1 Å². The lowest BCUT2D eigenvalue weighted by Gasteiger charge is -2.16. The summed E-state index contributed by atoms with van der Waals surface area (Å²) in [6, 6.07) is 1.64. The summed E-state index contributed by atoms with van der Waals surface area (Å²) < 4.78 is 0. The van der Waals surface area contributed by atoms with Gasteiger partial charge in [-0.25, -0.2) is 0 Å². The third-order valence-corrected chi connectivity index (χ3v) is 3.13. The van der Waals surface area contributed by atoms with Gasteiger partial charge in [0.1, 0.15) is 5.69 Å². The van der Waals surface area contributed by atoms with Crippen molar-refractivity contribution in [1.82, 2.24) is 9.88 Å². The minimum Gasteiger partial charge on any atom is -0.397 e. The zero-order chi connectivity index (χ0) is 11.7. The summed E-state index contributed by atoms with van der Waals surface area (Å²) in [5, 5.41) is 9.46. The van der Waals surface area contributed by atoms with Crippen LogP contribution >= 0.6 is 0 Å². The number of carbonyl (C=O) groups is 1. The smallest absolute Gasteiger partial charge is 0.270 e. The molecule has 1 aromatic rings. The minimum absolute atomic E-state index is 0.0418. The van der Waals surface area contributed by atoms with E-state index in [0.29, 0.717) is 24.5 Å². The molecule has 2 unspecified atom stereocenters. The van der Waals surface area contributed by atoms with Crippen molar-refractivity contribution in [3.05, 3.63) is 18.0 Å². The predicted molar refractivity (Wildman–Crippen MR) is 60.9 cm³/mol. The number of H-pyrrole nitrogens is 1. The topological polar surface area (TPSA) is 82.3 Å². The van der Waals surface area contributed by atoms with Gasteiger partial charge in [0.15, 0.2) is 0 Å². The number of anilines is 1. The molecule has 5 nitrogen and oxygen atoms in total. The fourth-order valence-electron chi connectivity index (χ4n) is 2.07. The molecule has 1 aliphatic heterocycles. The van der Waals surface area contributed by atoms with Crippen LogP contribution in [0.25, 0.3) is 0 Å². The van der Waals surface area contributed by atoms with Crippen LogP contribution in [0, 0.1) is 5.92 Å². The highest BCUT2D eigenvalue weighted by molar-refractivity contribution is 5.93. The number of aromatic nitrogens is 1. The molecule has 2 heterocycles. The number of nitrogen functional groups attached to an aromatic ring is 1. The van der Waals surface area contributed by atoms with Crippen molar-refractivity contribution >= 4 is 11.6 Å². The molecule has 0 radical (unpaired) electrons. The molecule has 16 heavy (non-hydrogen) atoms. The van der Waals surface area contributed by atoms with E-state index in [1.54, 1.807) is 24.1 Å². The molecule has 1 amide bonds. The Bertz CT molecular complexity index is 386. The van der Waals surface area contributed by atoms with Crippen LogP contribution in [0.15, 0.2) is 12.3 Å². The second-order valence-electron chi connectivity index (χ2n) is 4.39.